The van der Waals surface area contributed by atoms with Crippen LogP contribution in [0.15, 0.2) is 48.5 Å². The van der Waals surface area contributed by atoms with Crippen LogP contribution in [-0.2, 0) is 5.66 Å². The number of alkyl halides is 3. The maximum atomic E-state index is 13.2. The van der Waals surface area contributed by atoms with Crippen molar-refractivity contribution in [1.29, 1.82) is 0 Å². The van der Waals surface area contributed by atoms with E-state index in [4.69, 9.17) is 0 Å². The standard InChI is InChI=1S/C17H12F3IN4O/c18-17(19,20)16(24-25-16)10-3-1-2-9(6-10)13-8-14(23-22-13)12-5-4-11(21)7-15(12)26/h1-8,24-26H,(H,22,23). The van der Waals surface area contributed by atoms with Crippen LogP contribution in [0.2, 0.25) is 0 Å². The molecule has 2 heterocycles. The molecule has 0 amide bonds. The molecule has 134 valence electrons. The van der Waals surface area contributed by atoms with Gasteiger partial charge in [0.2, 0.25) is 5.66 Å². The lowest BCUT2D eigenvalue weighted by molar-refractivity contribution is -0.165. The number of benzene rings is 2. The quantitative estimate of drug-likeness (QED) is 0.344. The lowest BCUT2D eigenvalue weighted by atomic mass is 9.99. The first-order chi connectivity index (χ1) is 12.3. The molecule has 1 saturated heterocycles. The molecule has 4 N–H and O–H groups in total. The van der Waals surface area contributed by atoms with Crippen LogP contribution in [0, 0.1) is 3.57 Å². The number of rotatable bonds is 3. The molecule has 5 nitrogen and oxygen atoms in total. The molecular weight excluding hydrogens is 460 g/mol. The molecular formula is C17H12F3IN4O. The number of aromatic amines is 1. The summed E-state index contributed by atoms with van der Waals surface area (Å²) in [4.78, 5) is 0. The zero-order valence-electron chi connectivity index (χ0n) is 13.0. The second kappa shape index (κ2) is 5.96. The predicted molar refractivity (Wildman–Crippen MR) is 97.8 cm³/mol. The Kier molecular flexibility index (Phi) is 3.97. The number of H-pyrrole nitrogens is 1. The molecule has 0 atom stereocenters. The van der Waals surface area contributed by atoms with Gasteiger partial charge >= 0.3 is 6.18 Å². The Morgan fingerprint density at radius 2 is 1.81 bits per heavy atom. The van der Waals surface area contributed by atoms with Crippen molar-refractivity contribution in [2.75, 3.05) is 0 Å². The molecule has 0 unspecified atom stereocenters. The minimum atomic E-state index is -4.46. The summed E-state index contributed by atoms with van der Waals surface area (Å²) < 4.78 is 40.6. The average molecular weight is 472 g/mol. The highest BCUT2D eigenvalue weighted by molar-refractivity contribution is 14.1. The van der Waals surface area contributed by atoms with E-state index in [2.05, 4.69) is 43.6 Å². The summed E-state index contributed by atoms with van der Waals surface area (Å²) in [6, 6.07) is 13.0. The van der Waals surface area contributed by atoms with Crippen molar-refractivity contribution in [3.63, 3.8) is 0 Å². The van der Waals surface area contributed by atoms with E-state index in [-0.39, 0.29) is 11.3 Å². The van der Waals surface area contributed by atoms with Gasteiger partial charge in [-0.3, -0.25) is 5.10 Å². The van der Waals surface area contributed by atoms with Crippen LogP contribution >= 0.6 is 22.6 Å². The number of phenolic OH excluding ortho intramolecular Hbond substituents is 1. The SMILES string of the molecule is Oc1cc(I)ccc1-c1cc(-c2cccc(C3(C(F)(F)F)NN3)c2)[nH]n1. The van der Waals surface area contributed by atoms with Crippen LogP contribution in [-0.4, -0.2) is 21.5 Å². The first kappa shape index (κ1) is 17.3. The van der Waals surface area contributed by atoms with Crippen molar-refractivity contribution in [2.45, 2.75) is 11.8 Å². The second-order valence-corrected chi connectivity index (χ2v) is 7.15. The van der Waals surface area contributed by atoms with Gasteiger partial charge in [0.1, 0.15) is 5.75 Å². The Morgan fingerprint density at radius 1 is 1.04 bits per heavy atom. The lowest BCUT2D eigenvalue weighted by Gasteiger charge is -2.16. The van der Waals surface area contributed by atoms with Gasteiger partial charge in [-0.1, -0.05) is 18.2 Å². The molecule has 1 aromatic heterocycles. The van der Waals surface area contributed by atoms with Crippen LogP contribution < -0.4 is 10.9 Å². The third-order valence-corrected chi connectivity index (χ3v) is 4.89. The van der Waals surface area contributed by atoms with Gasteiger partial charge in [0.15, 0.2) is 0 Å². The van der Waals surface area contributed by atoms with Crippen LogP contribution in [0.25, 0.3) is 22.5 Å². The summed E-state index contributed by atoms with van der Waals surface area (Å²) in [5.74, 6) is 0.0890. The third-order valence-electron chi connectivity index (χ3n) is 4.22. The molecule has 1 aliphatic rings. The molecule has 0 radical (unpaired) electrons. The predicted octanol–water partition coefficient (Wildman–Crippen LogP) is 3.88. The van der Waals surface area contributed by atoms with Gasteiger partial charge in [-0.25, -0.2) is 10.9 Å². The number of aromatic nitrogens is 2. The van der Waals surface area contributed by atoms with Crippen LogP contribution in [0.1, 0.15) is 5.56 Å². The number of hydrogen-bond donors (Lipinski definition) is 4. The minimum absolute atomic E-state index is 0.0655. The highest BCUT2D eigenvalue weighted by Gasteiger charge is 2.65. The number of hydrogen-bond acceptors (Lipinski definition) is 4. The molecule has 4 rings (SSSR count). The molecule has 0 aliphatic carbocycles. The maximum absolute atomic E-state index is 13.2. The Morgan fingerprint density at radius 3 is 2.46 bits per heavy atom. The first-order valence-electron chi connectivity index (χ1n) is 7.56. The fraction of sp³-hybridized carbons (Fsp3) is 0.118. The van der Waals surface area contributed by atoms with E-state index < -0.39 is 11.8 Å². The number of halogens is 4. The van der Waals surface area contributed by atoms with Crippen LogP contribution in [0.3, 0.4) is 0 Å². The molecule has 2 aromatic carbocycles. The second-order valence-electron chi connectivity index (χ2n) is 5.91. The van der Waals surface area contributed by atoms with E-state index in [1.165, 1.54) is 12.1 Å². The van der Waals surface area contributed by atoms with Crippen molar-refractivity contribution in [3.8, 4) is 28.3 Å². The van der Waals surface area contributed by atoms with Gasteiger partial charge in [-0.15, -0.1) is 0 Å². The zero-order valence-corrected chi connectivity index (χ0v) is 15.2. The summed E-state index contributed by atoms with van der Waals surface area (Å²) >= 11 is 2.09. The Bertz CT molecular complexity index is 982. The first-order valence-corrected chi connectivity index (χ1v) is 8.64. The molecule has 26 heavy (non-hydrogen) atoms. The molecule has 1 aliphatic heterocycles. The van der Waals surface area contributed by atoms with Crippen molar-refractivity contribution in [2.24, 2.45) is 0 Å². The summed E-state index contributed by atoms with van der Waals surface area (Å²) in [6.07, 6.45) is -4.46. The van der Waals surface area contributed by atoms with E-state index in [1.807, 2.05) is 6.07 Å². The van der Waals surface area contributed by atoms with Crippen molar-refractivity contribution in [3.05, 3.63) is 57.7 Å². The zero-order chi connectivity index (χ0) is 18.5. The molecule has 0 saturated carbocycles. The number of aromatic hydroxyl groups is 1. The Hall–Kier alpha value is -2.11. The van der Waals surface area contributed by atoms with Gasteiger partial charge in [0.05, 0.1) is 11.4 Å². The van der Waals surface area contributed by atoms with Gasteiger partial charge in [-0.05, 0) is 64.0 Å². The summed E-state index contributed by atoms with van der Waals surface area (Å²) in [5.41, 5.74) is 4.41. The normalized spacial score (nSPS) is 15.8. The Balaban J connectivity index is 1.70. The number of nitrogens with zero attached hydrogens (tertiary/aromatic N) is 1. The fourth-order valence-corrected chi connectivity index (χ4v) is 3.24. The highest BCUT2D eigenvalue weighted by Crippen LogP contribution is 2.43. The van der Waals surface area contributed by atoms with Gasteiger partial charge in [-0.2, -0.15) is 18.3 Å². The van der Waals surface area contributed by atoms with E-state index >= 15 is 0 Å². The molecule has 0 spiro atoms. The Labute approximate surface area is 159 Å². The van der Waals surface area contributed by atoms with E-state index in [0.29, 0.717) is 22.5 Å². The van der Waals surface area contributed by atoms with Gasteiger partial charge in [0.25, 0.3) is 0 Å². The lowest BCUT2D eigenvalue weighted by Crippen LogP contribution is -2.34. The fourth-order valence-electron chi connectivity index (χ4n) is 2.76. The largest absolute Gasteiger partial charge is 0.507 e. The number of hydrazine groups is 1. The van der Waals surface area contributed by atoms with Crippen molar-refractivity contribution < 1.29 is 18.3 Å². The maximum Gasteiger partial charge on any atom is 0.426 e. The van der Waals surface area contributed by atoms with E-state index in [0.717, 1.165) is 3.57 Å². The molecule has 1 fully saturated rings. The number of nitrogens with one attached hydrogen (secondary N) is 3. The summed E-state index contributed by atoms with van der Waals surface area (Å²) in [6.45, 7) is 0. The minimum Gasteiger partial charge on any atom is -0.507 e. The molecule has 0 bridgehead atoms. The third kappa shape index (κ3) is 2.85. The molecule has 3 aromatic rings. The van der Waals surface area contributed by atoms with Gasteiger partial charge < -0.3 is 5.11 Å². The topological polar surface area (TPSA) is 92.8 Å². The van der Waals surface area contributed by atoms with Gasteiger partial charge in [0, 0.05) is 9.13 Å². The molecule has 9 heteroatoms. The van der Waals surface area contributed by atoms with Crippen molar-refractivity contribution in [1.82, 2.24) is 21.0 Å². The van der Waals surface area contributed by atoms with E-state index in [9.17, 15) is 18.3 Å². The smallest absolute Gasteiger partial charge is 0.426 e. The van der Waals surface area contributed by atoms with Crippen LogP contribution in [0.4, 0.5) is 13.2 Å². The average Bonchev–Trinajstić information content (AvgIpc) is 3.28. The monoisotopic (exact) mass is 472 g/mol. The summed E-state index contributed by atoms with van der Waals surface area (Å²) in [7, 11) is 0. The van der Waals surface area contributed by atoms with E-state index in [1.54, 1.807) is 30.3 Å². The number of phenols is 1. The van der Waals surface area contributed by atoms with Crippen LogP contribution in [0.5, 0.6) is 5.75 Å². The van der Waals surface area contributed by atoms with Crippen molar-refractivity contribution >= 4 is 22.6 Å². The highest BCUT2D eigenvalue weighted by atomic mass is 127. The summed E-state index contributed by atoms with van der Waals surface area (Å²) in [5, 5.41) is 17.1.